The number of benzene rings is 1. The van der Waals surface area contributed by atoms with E-state index >= 15 is 0 Å². The van der Waals surface area contributed by atoms with E-state index in [0.29, 0.717) is 29.9 Å². The Morgan fingerprint density at radius 2 is 2.07 bits per heavy atom. The lowest BCUT2D eigenvalue weighted by Crippen LogP contribution is -2.35. The summed E-state index contributed by atoms with van der Waals surface area (Å²) >= 11 is 1.40. The molecule has 2 aliphatic carbocycles. The average Bonchev–Trinajstić information content (AvgIpc) is 3.48. The maximum Gasteiger partial charge on any atom is 0.306 e. The fourth-order valence-corrected chi connectivity index (χ4v) is 5.53. The first-order chi connectivity index (χ1) is 14.1. The van der Waals surface area contributed by atoms with Gasteiger partial charge in [0, 0.05) is 23.9 Å². The summed E-state index contributed by atoms with van der Waals surface area (Å²) in [5.74, 6) is 1.37. The number of aromatic nitrogens is 1. The molecule has 0 saturated heterocycles. The van der Waals surface area contributed by atoms with Crippen molar-refractivity contribution in [2.75, 3.05) is 18.1 Å². The van der Waals surface area contributed by atoms with E-state index in [0.717, 1.165) is 23.6 Å². The number of fused-ring (bicyclic) bond motifs is 2. The lowest BCUT2D eigenvalue weighted by molar-refractivity contribution is -0.149. The standard InChI is InChI=1S/C23H26N2O3S/c1-2-10-25(23-24-20(15-29-23)17-6-4-3-5-7-17)21(26)14-28-22(27)13-19-12-16-8-9-18(19)11-16/h2-7,15-16,18-19H,1,8-14H2/t16-,18+,19-/m0/s1. The number of anilines is 1. The average molecular weight is 411 g/mol. The second-order valence-electron chi connectivity index (χ2n) is 7.97. The third-order valence-corrected chi connectivity index (χ3v) is 6.94. The summed E-state index contributed by atoms with van der Waals surface area (Å²) in [6.45, 7) is 3.80. The topological polar surface area (TPSA) is 59.5 Å². The van der Waals surface area contributed by atoms with Crippen molar-refractivity contribution in [2.24, 2.45) is 17.8 Å². The summed E-state index contributed by atoms with van der Waals surface area (Å²) in [6.07, 6.45) is 7.03. The van der Waals surface area contributed by atoms with E-state index in [4.69, 9.17) is 4.74 Å². The van der Waals surface area contributed by atoms with Gasteiger partial charge in [-0.25, -0.2) is 4.98 Å². The van der Waals surface area contributed by atoms with Crippen LogP contribution in [-0.4, -0.2) is 30.0 Å². The summed E-state index contributed by atoms with van der Waals surface area (Å²) in [7, 11) is 0. The van der Waals surface area contributed by atoms with Gasteiger partial charge in [0.05, 0.1) is 5.69 Å². The monoisotopic (exact) mass is 410 g/mol. The zero-order valence-electron chi connectivity index (χ0n) is 16.5. The summed E-state index contributed by atoms with van der Waals surface area (Å²) in [5, 5.41) is 2.51. The fourth-order valence-electron chi connectivity index (χ4n) is 4.67. The summed E-state index contributed by atoms with van der Waals surface area (Å²) in [6, 6.07) is 9.83. The molecule has 2 saturated carbocycles. The summed E-state index contributed by atoms with van der Waals surface area (Å²) < 4.78 is 5.33. The first-order valence-corrected chi connectivity index (χ1v) is 11.1. The van der Waals surface area contributed by atoms with Gasteiger partial charge >= 0.3 is 5.97 Å². The van der Waals surface area contributed by atoms with Crippen LogP contribution in [0.4, 0.5) is 5.13 Å². The number of carbonyl (C=O) groups is 2. The van der Waals surface area contributed by atoms with Gasteiger partial charge in [0.1, 0.15) is 0 Å². The quantitative estimate of drug-likeness (QED) is 0.468. The van der Waals surface area contributed by atoms with E-state index in [9.17, 15) is 9.59 Å². The second kappa shape index (κ2) is 8.91. The van der Waals surface area contributed by atoms with Crippen molar-refractivity contribution in [3.8, 4) is 11.3 Å². The molecule has 1 aromatic heterocycles. The maximum atomic E-state index is 12.7. The van der Waals surface area contributed by atoms with Gasteiger partial charge in [-0.15, -0.1) is 17.9 Å². The molecule has 0 N–H and O–H groups in total. The van der Waals surface area contributed by atoms with Crippen molar-refractivity contribution in [1.29, 1.82) is 0 Å². The number of hydrogen-bond acceptors (Lipinski definition) is 5. The molecule has 2 aliphatic rings. The van der Waals surface area contributed by atoms with E-state index < -0.39 is 0 Å². The minimum atomic E-state index is -0.278. The summed E-state index contributed by atoms with van der Waals surface area (Å²) in [5.41, 5.74) is 1.82. The normalized spacial score (nSPS) is 22.4. The Hall–Kier alpha value is -2.47. The number of amides is 1. The van der Waals surface area contributed by atoms with Crippen molar-refractivity contribution in [3.05, 3.63) is 48.4 Å². The maximum absolute atomic E-state index is 12.7. The van der Waals surface area contributed by atoms with Gasteiger partial charge in [0.25, 0.3) is 5.91 Å². The molecule has 6 heteroatoms. The third kappa shape index (κ3) is 4.58. The van der Waals surface area contributed by atoms with Crippen LogP contribution in [0.3, 0.4) is 0 Å². The SMILES string of the molecule is C=CCN(C(=O)COC(=O)C[C@@H]1C[C@H]2CC[C@@H]1C2)c1nc(-c2ccccc2)cs1. The van der Waals surface area contributed by atoms with Crippen LogP contribution in [0.5, 0.6) is 0 Å². The number of thiazole rings is 1. The molecule has 0 spiro atoms. The van der Waals surface area contributed by atoms with Crippen LogP contribution in [0.2, 0.25) is 0 Å². The molecule has 2 aromatic rings. The molecule has 3 atom stereocenters. The molecule has 1 aromatic carbocycles. The number of carbonyl (C=O) groups excluding carboxylic acids is 2. The largest absolute Gasteiger partial charge is 0.456 e. The van der Waals surface area contributed by atoms with E-state index in [2.05, 4.69) is 11.6 Å². The van der Waals surface area contributed by atoms with Crippen molar-refractivity contribution in [3.63, 3.8) is 0 Å². The molecule has 0 aliphatic heterocycles. The highest BCUT2D eigenvalue weighted by atomic mass is 32.1. The highest BCUT2D eigenvalue weighted by molar-refractivity contribution is 7.14. The molecule has 152 valence electrons. The van der Waals surface area contributed by atoms with Crippen molar-refractivity contribution < 1.29 is 14.3 Å². The summed E-state index contributed by atoms with van der Waals surface area (Å²) in [4.78, 5) is 31.1. The molecule has 1 heterocycles. The number of esters is 1. The molecule has 0 radical (unpaired) electrons. The molecular weight excluding hydrogens is 384 g/mol. The van der Waals surface area contributed by atoms with Crippen molar-refractivity contribution in [1.82, 2.24) is 4.98 Å². The highest BCUT2D eigenvalue weighted by Gasteiger charge is 2.40. The number of nitrogens with zero attached hydrogens (tertiary/aromatic N) is 2. The van der Waals surface area contributed by atoms with Crippen LogP contribution >= 0.6 is 11.3 Å². The van der Waals surface area contributed by atoms with Gasteiger partial charge in [0.2, 0.25) is 0 Å². The van der Waals surface area contributed by atoms with Gasteiger partial charge in [-0.05, 0) is 37.0 Å². The van der Waals surface area contributed by atoms with Gasteiger partial charge in [-0.2, -0.15) is 0 Å². The lowest BCUT2D eigenvalue weighted by atomic mass is 9.86. The Balaban J connectivity index is 1.34. The lowest BCUT2D eigenvalue weighted by Gasteiger charge is -2.21. The van der Waals surface area contributed by atoms with Gasteiger partial charge < -0.3 is 4.74 Å². The highest BCUT2D eigenvalue weighted by Crippen LogP contribution is 2.49. The molecular formula is C23H26N2O3S. The van der Waals surface area contributed by atoms with E-state index in [-0.39, 0.29) is 18.5 Å². The number of hydrogen-bond donors (Lipinski definition) is 0. The van der Waals surface area contributed by atoms with Gasteiger partial charge in [-0.1, -0.05) is 42.8 Å². The van der Waals surface area contributed by atoms with Crippen molar-refractivity contribution in [2.45, 2.75) is 32.1 Å². The first-order valence-electron chi connectivity index (χ1n) is 10.2. The first kappa shape index (κ1) is 19.8. The third-order valence-electron chi connectivity index (χ3n) is 6.08. The Kier molecular flexibility index (Phi) is 6.09. The number of ether oxygens (including phenoxy) is 1. The van der Waals surface area contributed by atoms with E-state index in [1.165, 1.54) is 35.5 Å². The predicted octanol–water partition coefficient (Wildman–Crippen LogP) is 4.70. The Bertz CT molecular complexity index is 879. The minimum Gasteiger partial charge on any atom is -0.456 e. The smallest absolute Gasteiger partial charge is 0.306 e. The molecule has 2 fully saturated rings. The van der Waals surface area contributed by atoms with Crippen LogP contribution in [0, 0.1) is 17.8 Å². The minimum absolute atomic E-state index is 0.256. The van der Waals surface area contributed by atoms with Crippen LogP contribution in [0.15, 0.2) is 48.4 Å². The van der Waals surface area contributed by atoms with Gasteiger partial charge in [-0.3, -0.25) is 14.5 Å². The van der Waals surface area contributed by atoms with E-state index in [1.54, 1.807) is 6.08 Å². The van der Waals surface area contributed by atoms with Crippen LogP contribution in [0.1, 0.15) is 32.1 Å². The Labute approximate surface area is 175 Å². The molecule has 4 rings (SSSR count). The molecule has 5 nitrogen and oxygen atoms in total. The number of rotatable bonds is 8. The second-order valence-corrected chi connectivity index (χ2v) is 8.81. The van der Waals surface area contributed by atoms with Crippen LogP contribution in [-0.2, 0) is 14.3 Å². The molecule has 1 amide bonds. The zero-order valence-corrected chi connectivity index (χ0v) is 17.3. The molecule has 0 unspecified atom stereocenters. The Morgan fingerprint density at radius 3 is 2.76 bits per heavy atom. The van der Waals surface area contributed by atoms with Crippen molar-refractivity contribution >= 4 is 28.3 Å². The fraction of sp³-hybridized carbons (Fsp3) is 0.435. The van der Waals surface area contributed by atoms with E-state index in [1.807, 2.05) is 35.7 Å². The molecule has 29 heavy (non-hydrogen) atoms. The van der Waals surface area contributed by atoms with Crippen LogP contribution < -0.4 is 4.90 Å². The predicted molar refractivity (Wildman–Crippen MR) is 115 cm³/mol. The van der Waals surface area contributed by atoms with Gasteiger partial charge in [0.15, 0.2) is 11.7 Å². The van der Waals surface area contributed by atoms with Crippen LogP contribution in [0.25, 0.3) is 11.3 Å². The Morgan fingerprint density at radius 1 is 1.24 bits per heavy atom. The zero-order chi connectivity index (χ0) is 20.2. The molecule has 2 bridgehead atoms.